The summed E-state index contributed by atoms with van der Waals surface area (Å²) in [5.41, 5.74) is 1.92. The quantitative estimate of drug-likeness (QED) is 0.600. The van der Waals surface area contributed by atoms with Crippen LogP contribution in [0.3, 0.4) is 0 Å². The first-order chi connectivity index (χ1) is 6.79. The fourth-order valence-electron chi connectivity index (χ4n) is 1.31. The Bertz CT molecular complexity index is 381. The molecule has 0 fully saturated rings. The van der Waals surface area contributed by atoms with Crippen LogP contribution in [-0.2, 0) is 0 Å². The largest absolute Gasteiger partial charge is 0.380 e. The van der Waals surface area contributed by atoms with Gasteiger partial charge in [0.2, 0.25) is 0 Å². The Morgan fingerprint density at radius 3 is 2.33 bits per heavy atom. The Kier molecular flexibility index (Phi) is 2.98. The summed E-state index contributed by atoms with van der Waals surface area (Å²) in [6.45, 7) is 8.01. The number of hydrogen-bond donors (Lipinski definition) is 1. The Morgan fingerprint density at radius 1 is 1.33 bits per heavy atom. The number of non-ortho nitro benzene ring substituents is 1. The van der Waals surface area contributed by atoms with E-state index >= 15 is 0 Å². The molecule has 0 aliphatic heterocycles. The number of hydrogen-bond acceptors (Lipinski definition) is 3. The number of nitrogens with one attached hydrogen (secondary N) is 1. The van der Waals surface area contributed by atoms with Crippen molar-refractivity contribution < 1.29 is 4.92 Å². The molecule has 0 saturated carbocycles. The molecule has 82 valence electrons. The first-order valence-electron chi connectivity index (χ1n) is 4.83. The van der Waals surface area contributed by atoms with E-state index in [1.54, 1.807) is 12.1 Å². The van der Waals surface area contributed by atoms with Gasteiger partial charge in [-0.3, -0.25) is 10.1 Å². The molecular weight excluding hydrogens is 192 g/mol. The molecule has 1 rings (SSSR count). The molecule has 1 aromatic rings. The number of aryl methyl sites for hydroxylation is 1. The summed E-state index contributed by atoms with van der Waals surface area (Å²) in [6, 6.07) is 4.84. The molecule has 15 heavy (non-hydrogen) atoms. The standard InChI is InChI=1S/C11H16N2O2/c1-8-7-9(13(14)15)5-6-10(8)12-11(2,3)4/h5-7,12H,1-4H3. The van der Waals surface area contributed by atoms with E-state index in [4.69, 9.17) is 0 Å². The van der Waals surface area contributed by atoms with Gasteiger partial charge in [-0.05, 0) is 39.3 Å². The molecule has 0 unspecified atom stereocenters. The van der Waals surface area contributed by atoms with Gasteiger partial charge >= 0.3 is 0 Å². The SMILES string of the molecule is Cc1cc([N+](=O)[O-])ccc1NC(C)(C)C. The maximum absolute atomic E-state index is 10.5. The highest BCUT2D eigenvalue weighted by Gasteiger charge is 2.13. The molecule has 0 aliphatic carbocycles. The summed E-state index contributed by atoms with van der Waals surface area (Å²) in [5.74, 6) is 0. The van der Waals surface area contributed by atoms with Gasteiger partial charge in [0, 0.05) is 23.4 Å². The highest BCUT2D eigenvalue weighted by atomic mass is 16.6. The number of rotatable bonds is 2. The molecule has 4 nitrogen and oxygen atoms in total. The van der Waals surface area contributed by atoms with Crippen molar-refractivity contribution in [1.82, 2.24) is 0 Å². The molecule has 0 aliphatic rings. The Morgan fingerprint density at radius 2 is 1.93 bits per heavy atom. The van der Waals surface area contributed by atoms with Crippen molar-refractivity contribution in [2.24, 2.45) is 0 Å². The summed E-state index contributed by atoms with van der Waals surface area (Å²) in [5, 5.41) is 13.8. The van der Waals surface area contributed by atoms with E-state index in [0.29, 0.717) is 0 Å². The van der Waals surface area contributed by atoms with Gasteiger partial charge in [0.25, 0.3) is 5.69 Å². The van der Waals surface area contributed by atoms with Crippen LogP contribution in [0.2, 0.25) is 0 Å². The topological polar surface area (TPSA) is 55.2 Å². The van der Waals surface area contributed by atoms with Crippen molar-refractivity contribution in [3.05, 3.63) is 33.9 Å². The minimum absolute atomic E-state index is 0.0408. The lowest BCUT2D eigenvalue weighted by Crippen LogP contribution is -2.26. The van der Waals surface area contributed by atoms with Crippen molar-refractivity contribution in [1.29, 1.82) is 0 Å². The zero-order valence-corrected chi connectivity index (χ0v) is 9.50. The number of anilines is 1. The van der Waals surface area contributed by atoms with Crippen LogP contribution < -0.4 is 5.32 Å². The zero-order chi connectivity index (χ0) is 11.6. The second-order valence-electron chi connectivity index (χ2n) is 4.63. The van der Waals surface area contributed by atoms with Gasteiger partial charge in [0.05, 0.1) is 4.92 Å². The first kappa shape index (κ1) is 11.5. The maximum atomic E-state index is 10.5. The van der Waals surface area contributed by atoms with E-state index in [-0.39, 0.29) is 16.1 Å². The number of nitro benzene ring substituents is 1. The Labute approximate surface area is 89.5 Å². The van der Waals surface area contributed by atoms with Crippen LogP contribution in [0.5, 0.6) is 0 Å². The molecular formula is C11H16N2O2. The molecule has 0 atom stereocenters. The fourth-order valence-corrected chi connectivity index (χ4v) is 1.31. The van der Waals surface area contributed by atoms with Gasteiger partial charge in [0.1, 0.15) is 0 Å². The van der Waals surface area contributed by atoms with E-state index in [2.05, 4.69) is 5.32 Å². The first-order valence-corrected chi connectivity index (χ1v) is 4.83. The predicted molar refractivity (Wildman–Crippen MR) is 61.2 cm³/mol. The van der Waals surface area contributed by atoms with E-state index in [9.17, 15) is 10.1 Å². The second-order valence-corrected chi connectivity index (χ2v) is 4.63. The average Bonchev–Trinajstić information content (AvgIpc) is 2.05. The Balaban J connectivity index is 2.99. The van der Waals surface area contributed by atoms with Crippen LogP contribution >= 0.6 is 0 Å². The van der Waals surface area contributed by atoms with Crippen LogP contribution in [0.15, 0.2) is 18.2 Å². The van der Waals surface area contributed by atoms with Crippen molar-refractivity contribution in [3.8, 4) is 0 Å². The second kappa shape index (κ2) is 3.88. The Hall–Kier alpha value is -1.58. The third kappa shape index (κ3) is 3.23. The molecule has 0 spiro atoms. The van der Waals surface area contributed by atoms with Gasteiger partial charge in [-0.25, -0.2) is 0 Å². The van der Waals surface area contributed by atoms with E-state index in [1.165, 1.54) is 6.07 Å². The van der Waals surface area contributed by atoms with Crippen LogP contribution in [0.4, 0.5) is 11.4 Å². The fraction of sp³-hybridized carbons (Fsp3) is 0.455. The van der Waals surface area contributed by atoms with Gasteiger partial charge < -0.3 is 5.32 Å². The van der Waals surface area contributed by atoms with E-state index in [1.807, 2.05) is 27.7 Å². The maximum Gasteiger partial charge on any atom is 0.269 e. The summed E-state index contributed by atoms with van der Waals surface area (Å²) in [7, 11) is 0. The zero-order valence-electron chi connectivity index (χ0n) is 9.50. The van der Waals surface area contributed by atoms with Gasteiger partial charge in [-0.15, -0.1) is 0 Å². The highest BCUT2D eigenvalue weighted by molar-refractivity contribution is 5.56. The highest BCUT2D eigenvalue weighted by Crippen LogP contribution is 2.23. The third-order valence-electron chi connectivity index (χ3n) is 1.93. The number of nitro groups is 1. The van der Waals surface area contributed by atoms with Crippen molar-refractivity contribution in [2.75, 3.05) is 5.32 Å². The lowest BCUT2D eigenvalue weighted by Gasteiger charge is -2.23. The molecule has 0 heterocycles. The minimum Gasteiger partial charge on any atom is -0.380 e. The molecule has 0 aromatic heterocycles. The smallest absolute Gasteiger partial charge is 0.269 e. The molecule has 0 saturated heterocycles. The molecule has 0 bridgehead atoms. The van der Waals surface area contributed by atoms with Crippen molar-refractivity contribution >= 4 is 11.4 Å². The monoisotopic (exact) mass is 208 g/mol. The molecule has 0 radical (unpaired) electrons. The lowest BCUT2D eigenvalue weighted by atomic mass is 10.1. The summed E-state index contributed by atoms with van der Waals surface area (Å²) >= 11 is 0. The van der Waals surface area contributed by atoms with E-state index < -0.39 is 0 Å². The van der Waals surface area contributed by atoms with Gasteiger partial charge in [-0.2, -0.15) is 0 Å². The van der Waals surface area contributed by atoms with Crippen LogP contribution in [0.1, 0.15) is 26.3 Å². The van der Waals surface area contributed by atoms with Crippen LogP contribution in [0.25, 0.3) is 0 Å². The number of benzene rings is 1. The number of nitrogens with zero attached hydrogens (tertiary/aromatic N) is 1. The van der Waals surface area contributed by atoms with Crippen LogP contribution in [-0.4, -0.2) is 10.5 Å². The van der Waals surface area contributed by atoms with Gasteiger partial charge in [0.15, 0.2) is 0 Å². The predicted octanol–water partition coefficient (Wildman–Crippen LogP) is 3.11. The normalized spacial score (nSPS) is 11.2. The lowest BCUT2D eigenvalue weighted by molar-refractivity contribution is -0.384. The molecule has 0 amide bonds. The average molecular weight is 208 g/mol. The summed E-state index contributed by atoms with van der Waals surface area (Å²) in [4.78, 5) is 10.2. The molecule has 1 aromatic carbocycles. The molecule has 4 heteroatoms. The molecule has 1 N–H and O–H groups in total. The van der Waals surface area contributed by atoms with Crippen LogP contribution in [0, 0.1) is 17.0 Å². The van der Waals surface area contributed by atoms with Crippen molar-refractivity contribution in [3.63, 3.8) is 0 Å². The minimum atomic E-state index is -0.381. The van der Waals surface area contributed by atoms with E-state index in [0.717, 1.165) is 11.3 Å². The van der Waals surface area contributed by atoms with Gasteiger partial charge in [-0.1, -0.05) is 0 Å². The van der Waals surface area contributed by atoms with Crippen molar-refractivity contribution in [2.45, 2.75) is 33.2 Å². The third-order valence-corrected chi connectivity index (χ3v) is 1.93. The summed E-state index contributed by atoms with van der Waals surface area (Å²) in [6.07, 6.45) is 0. The summed E-state index contributed by atoms with van der Waals surface area (Å²) < 4.78 is 0.